The van der Waals surface area contributed by atoms with E-state index >= 15 is 4.39 Å². The summed E-state index contributed by atoms with van der Waals surface area (Å²) in [5, 5.41) is 6.97. The van der Waals surface area contributed by atoms with Crippen molar-refractivity contribution in [3.8, 4) is 39.5 Å². The van der Waals surface area contributed by atoms with Crippen LogP contribution >= 0.6 is 11.3 Å². The van der Waals surface area contributed by atoms with E-state index in [1.807, 2.05) is 56.5 Å². The summed E-state index contributed by atoms with van der Waals surface area (Å²) in [6.07, 6.45) is 6.03. The maximum absolute atomic E-state index is 16.9. The van der Waals surface area contributed by atoms with Gasteiger partial charge in [0.25, 0.3) is 0 Å². The summed E-state index contributed by atoms with van der Waals surface area (Å²) >= 11 is 1.45. The number of aromatic nitrogens is 6. The van der Waals surface area contributed by atoms with Gasteiger partial charge in [0.05, 0.1) is 78.3 Å². The molecule has 0 spiro atoms. The first-order valence-electron chi connectivity index (χ1n) is 22.8. The van der Waals surface area contributed by atoms with Gasteiger partial charge in [-0.3, -0.25) is 14.2 Å². The standard InChI is InChI=1S/C48H55FN10O8S/c1-24(2)40(55-47(62)65-6)44(60)57-14-8-10-33(57)42-51-20-30(53-42)26-12-13-32-28(16-26)18-35-39-29(49)17-27(19-36(39)67-46(59(32)35)37-22-50-38(68-37)23-64-5)31-21-52-43(54-31)34-11-9-15-58(34)45(61)41(25(3)4)56-48(63)66-7/h12-13,16-22,24-25,33-34,40-41,46H,8-11,14-15,23H2,1-7H3,(H,51,53)(H,52,54)(H,55,62)(H,56,63). The van der Waals surface area contributed by atoms with Gasteiger partial charge in [-0.05, 0) is 67.9 Å². The van der Waals surface area contributed by atoms with Crippen LogP contribution in [0, 0.1) is 17.7 Å². The van der Waals surface area contributed by atoms with Crippen LogP contribution in [0.2, 0.25) is 0 Å². The zero-order valence-corrected chi connectivity index (χ0v) is 39.7. The number of methoxy groups -OCH3 is 3. The first-order valence-corrected chi connectivity index (χ1v) is 23.6. The van der Waals surface area contributed by atoms with Gasteiger partial charge in [0, 0.05) is 42.9 Å². The van der Waals surface area contributed by atoms with Crippen molar-refractivity contribution in [1.82, 2.24) is 49.9 Å². The lowest BCUT2D eigenvalue weighted by atomic mass is 10.0. The first-order chi connectivity index (χ1) is 32.8. The Bertz CT molecular complexity index is 2870. The lowest BCUT2D eigenvalue weighted by Gasteiger charge is -2.30. The van der Waals surface area contributed by atoms with Gasteiger partial charge in [-0.2, -0.15) is 0 Å². The number of thiazole rings is 1. The number of rotatable bonds is 13. The number of likely N-dealkylation sites (tertiary alicyclic amines) is 2. The maximum Gasteiger partial charge on any atom is 0.407 e. The van der Waals surface area contributed by atoms with Crippen LogP contribution in [0.5, 0.6) is 5.75 Å². The minimum absolute atomic E-state index is 0.160. The molecular formula is C48H55FN10O8S. The second kappa shape index (κ2) is 19.1. The summed E-state index contributed by atoms with van der Waals surface area (Å²) in [6.45, 7) is 8.84. The van der Waals surface area contributed by atoms with E-state index in [0.29, 0.717) is 72.5 Å². The average Bonchev–Trinajstić information content (AvgIpc) is 4.19. The van der Waals surface area contributed by atoms with E-state index < -0.39 is 36.3 Å². The van der Waals surface area contributed by atoms with E-state index in [1.54, 1.807) is 41.6 Å². The van der Waals surface area contributed by atoms with Crippen LogP contribution < -0.4 is 15.4 Å². The topological polar surface area (TPSA) is 211 Å². The molecule has 4 N–H and O–H groups in total. The van der Waals surface area contributed by atoms with Crippen molar-refractivity contribution >= 4 is 46.2 Å². The number of hydrogen-bond acceptors (Lipinski definition) is 12. The molecule has 4 amide bonds. The fraction of sp³-hybridized carbons (Fsp3) is 0.438. The number of halogens is 1. The molecule has 68 heavy (non-hydrogen) atoms. The molecule has 4 aromatic heterocycles. The van der Waals surface area contributed by atoms with Crippen LogP contribution in [-0.4, -0.2) is 110 Å². The number of benzene rings is 2. The number of fused-ring (bicyclic) bond motifs is 5. The molecule has 0 aliphatic carbocycles. The summed E-state index contributed by atoms with van der Waals surface area (Å²) in [5.41, 5.74) is 4.37. The van der Waals surface area contributed by atoms with Gasteiger partial charge in [0.15, 0.2) is 0 Å². The number of nitrogens with zero attached hydrogens (tertiary/aromatic N) is 6. The molecule has 5 atom stereocenters. The minimum Gasteiger partial charge on any atom is -0.464 e. The lowest BCUT2D eigenvalue weighted by molar-refractivity contribution is -0.136. The lowest BCUT2D eigenvalue weighted by Crippen LogP contribution is -2.51. The highest BCUT2D eigenvalue weighted by Crippen LogP contribution is 2.48. The Kier molecular flexibility index (Phi) is 13.0. The van der Waals surface area contributed by atoms with Gasteiger partial charge in [-0.15, -0.1) is 11.3 Å². The van der Waals surface area contributed by atoms with Crippen molar-refractivity contribution in [2.45, 2.75) is 90.4 Å². The Morgan fingerprint density at radius 3 is 1.94 bits per heavy atom. The highest BCUT2D eigenvalue weighted by Gasteiger charge is 2.40. The highest BCUT2D eigenvalue weighted by molar-refractivity contribution is 7.11. The van der Waals surface area contributed by atoms with Crippen molar-refractivity contribution in [3.63, 3.8) is 0 Å². The van der Waals surface area contributed by atoms with E-state index in [4.69, 9.17) is 23.9 Å². The van der Waals surface area contributed by atoms with Gasteiger partial charge in [0.2, 0.25) is 18.0 Å². The average molecular weight is 951 g/mol. The van der Waals surface area contributed by atoms with E-state index in [9.17, 15) is 19.2 Å². The summed E-state index contributed by atoms with van der Waals surface area (Å²) in [4.78, 5) is 77.0. The van der Waals surface area contributed by atoms with Crippen molar-refractivity contribution in [3.05, 3.63) is 82.3 Å². The molecule has 3 aliphatic rings. The number of nitrogens with one attached hydrogen (secondary N) is 4. The van der Waals surface area contributed by atoms with E-state index in [-0.39, 0.29) is 35.7 Å². The molecular weight excluding hydrogens is 896 g/mol. The number of H-pyrrole nitrogens is 2. The van der Waals surface area contributed by atoms with Gasteiger partial charge in [-0.1, -0.05) is 33.8 Å². The molecule has 9 rings (SSSR count). The molecule has 3 aliphatic heterocycles. The monoisotopic (exact) mass is 950 g/mol. The fourth-order valence-corrected chi connectivity index (χ4v) is 10.5. The van der Waals surface area contributed by atoms with Gasteiger partial charge >= 0.3 is 12.2 Å². The third-order valence-corrected chi connectivity index (χ3v) is 14.0. The predicted octanol–water partition coefficient (Wildman–Crippen LogP) is 7.86. The van der Waals surface area contributed by atoms with Crippen molar-refractivity contribution in [2.75, 3.05) is 34.4 Å². The summed E-state index contributed by atoms with van der Waals surface area (Å²) in [6, 6.07) is 8.99. The Morgan fingerprint density at radius 2 is 1.38 bits per heavy atom. The summed E-state index contributed by atoms with van der Waals surface area (Å²) < 4.78 is 40.6. The third kappa shape index (κ3) is 8.66. The largest absolute Gasteiger partial charge is 0.464 e. The van der Waals surface area contributed by atoms with Crippen LogP contribution in [0.1, 0.15) is 93.2 Å². The van der Waals surface area contributed by atoms with Crippen LogP contribution in [0.25, 0.3) is 44.7 Å². The molecule has 0 radical (unpaired) electrons. The van der Waals surface area contributed by atoms with E-state index in [2.05, 4.69) is 30.6 Å². The molecule has 0 bridgehead atoms. The summed E-state index contributed by atoms with van der Waals surface area (Å²) in [5.74, 6) is 0.274. The quantitative estimate of drug-likeness (QED) is 0.0876. The molecule has 2 aromatic carbocycles. The minimum atomic E-state index is -0.781. The fourth-order valence-electron chi connectivity index (χ4n) is 9.61. The van der Waals surface area contributed by atoms with Crippen molar-refractivity contribution in [2.24, 2.45) is 11.8 Å². The smallest absolute Gasteiger partial charge is 0.407 e. The second-order valence-corrected chi connectivity index (χ2v) is 19.2. The normalized spacial score (nSPS) is 18.6. The van der Waals surface area contributed by atoms with Crippen LogP contribution in [-0.2, 0) is 30.4 Å². The number of alkyl carbamates (subject to hydrolysis) is 2. The molecule has 5 unspecified atom stereocenters. The zero-order chi connectivity index (χ0) is 48.0. The molecule has 2 saturated heterocycles. The molecule has 2 fully saturated rings. The number of carbonyl (C=O) groups excluding carboxylic acids is 4. The number of aromatic amines is 2. The van der Waals surface area contributed by atoms with Crippen LogP contribution in [0.4, 0.5) is 14.0 Å². The first kappa shape index (κ1) is 46.3. The predicted molar refractivity (Wildman–Crippen MR) is 250 cm³/mol. The SMILES string of the molecule is COCc1ncc(C2Oc3cc(-c4cnc(C5CCCN5C(=O)C(NC(=O)OC)C(C)C)[nH]4)cc(F)c3-c3cc4cc(-c5cnc(C6CCCN6C(=O)C(NC(=O)OC)C(C)C)[nH]5)ccc4n32)s1. The number of amides is 4. The zero-order valence-electron chi connectivity index (χ0n) is 38.9. The van der Waals surface area contributed by atoms with Gasteiger partial charge in [-0.25, -0.2) is 28.9 Å². The molecule has 0 saturated carbocycles. The summed E-state index contributed by atoms with van der Waals surface area (Å²) in [7, 11) is 4.15. The number of hydrogen-bond donors (Lipinski definition) is 4. The Balaban J connectivity index is 1.03. The van der Waals surface area contributed by atoms with Gasteiger partial charge < -0.3 is 49.3 Å². The van der Waals surface area contributed by atoms with Gasteiger partial charge in [0.1, 0.15) is 40.3 Å². The molecule has 18 nitrogen and oxygen atoms in total. The number of carbonyl (C=O) groups is 4. The van der Waals surface area contributed by atoms with Crippen LogP contribution in [0.15, 0.2) is 55.0 Å². The molecule has 6 aromatic rings. The molecule has 20 heteroatoms. The highest BCUT2D eigenvalue weighted by atomic mass is 32.1. The Labute approximate surface area is 395 Å². The van der Waals surface area contributed by atoms with E-state index in [0.717, 1.165) is 44.9 Å². The molecule has 358 valence electrons. The second-order valence-electron chi connectivity index (χ2n) is 18.0. The Morgan fingerprint density at radius 1 is 0.794 bits per heavy atom. The van der Waals surface area contributed by atoms with Crippen LogP contribution in [0.3, 0.4) is 0 Å². The number of ether oxygens (including phenoxy) is 4. The van der Waals surface area contributed by atoms with Crippen molar-refractivity contribution < 1.29 is 42.5 Å². The Hall–Kier alpha value is -6.80. The van der Waals surface area contributed by atoms with E-state index in [1.165, 1.54) is 31.6 Å². The number of imidazole rings is 2. The third-order valence-electron chi connectivity index (χ3n) is 13.0. The molecule has 7 heterocycles. The maximum atomic E-state index is 16.9. The van der Waals surface area contributed by atoms with Crippen molar-refractivity contribution in [1.29, 1.82) is 0 Å².